The highest BCUT2D eigenvalue weighted by Crippen LogP contribution is 2.23. The fourth-order valence-electron chi connectivity index (χ4n) is 2.37. The molecule has 0 saturated carbocycles. The molecule has 0 spiro atoms. The van der Waals surface area contributed by atoms with Crippen molar-refractivity contribution in [3.63, 3.8) is 0 Å². The third kappa shape index (κ3) is 2.05. The maximum absolute atomic E-state index is 12.1. The third-order valence-electron chi connectivity index (χ3n) is 3.36. The summed E-state index contributed by atoms with van der Waals surface area (Å²) < 4.78 is 0. The molecule has 4 nitrogen and oxygen atoms in total. The highest BCUT2D eigenvalue weighted by atomic mass is 16.2. The van der Waals surface area contributed by atoms with Gasteiger partial charge in [0.2, 0.25) is 11.8 Å². The predicted octanol–water partition coefficient (Wildman–Crippen LogP) is 1.69. The molecule has 2 aromatic carbocycles. The molecule has 0 radical (unpaired) electrons. The van der Waals surface area contributed by atoms with Crippen LogP contribution in [0.4, 0.5) is 5.69 Å². The third-order valence-corrected chi connectivity index (χ3v) is 3.36. The Morgan fingerprint density at radius 2 is 1.84 bits per heavy atom. The van der Waals surface area contributed by atoms with Crippen molar-refractivity contribution in [2.45, 2.75) is 13.0 Å². The van der Waals surface area contributed by atoms with Crippen molar-refractivity contribution in [3.05, 3.63) is 42.5 Å². The van der Waals surface area contributed by atoms with E-state index >= 15 is 0 Å². The van der Waals surface area contributed by atoms with Crippen LogP contribution in [0, 0.1) is 0 Å². The van der Waals surface area contributed by atoms with Crippen LogP contribution in [0.1, 0.15) is 6.92 Å². The summed E-state index contributed by atoms with van der Waals surface area (Å²) in [6.07, 6.45) is 0. The fraction of sp³-hybridized carbons (Fsp3) is 0.200. The lowest BCUT2D eigenvalue weighted by Crippen LogP contribution is -2.57. The smallest absolute Gasteiger partial charge is 0.249 e. The molecule has 1 N–H and O–H groups in total. The zero-order chi connectivity index (χ0) is 13.4. The van der Waals surface area contributed by atoms with E-state index in [4.69, 9.17) is 0 Å². The number of fused-ring (bicyclic) bond motifs is 1. The number of amides is 2. The summed E-state index contributed by atoms with van der Waals surface area (Å²) in [5, 5.41) is 4.82. The Morgan fingerprint density at radius 3 is 2.63 bits per heavy atom. The molecule has 1 unspecified atom stereocenters. The van der Waals surface area contributed by atoms with Gasteiger partial charge in [0.05, 0.1) is 0 Å². The Morgan fingerprint density at radius 1 is 1.11 bits per heavy atom. The quantitative estimate of drug-likeness (QED) is 0.842. The van der Waals surface area contributed by atoms with Gasteiger partial charge >= 0.3 is 0 Å². The van der Waals surface area contributed by atoms with Gasteiger partial charge in [-0.25, -0.2) is 0 Å². The average Bonchev–Trinajstić information content (AvgIpc) is 2.42. The molecule has 1 aliphatic heterocycles. The van der Waals surface area contributed by atoms with Crippen molar-refractivity contribution in [1.82, 2.24) is 5.32 Å². The Balaban J connectivity index is 2.03. The second-order valence-electron chi connectivity index (χ2n) is 4.75. The van der Waals surface area contributed by atoms with Gasteiger partial charge in [-0.3, -0.25) is 9.59 Å². The lowest BCUT2D eigenvalue weighted by atomic mass is 10.1. The van der Waals surface area contributed by atoms with E-state index < -0.39 is 6.04 Å². The number of nitrogens with zero attached hydrogens (tertiary/aromatic N) is 1. The van der Waals surface area contributed by atoms with E-state index in [1.807, 2.05) is 42.5 Å². The molecule has 3 rings (SSSR count). The van der Waals surface area contributed by atoms with E-state index in [9.17, 15) is 9.59 Å². The zero-order valence-electron chi connectivity index (χ0n) is 10.6. The van der Waals surface area contributed by atoms with Gasteiger partial charge in [-0.05, 0) is 29.8 Å². The number of carbonyl (C=O) groups is 2. The number of benzene rings is 2. The highest BCUT2D eigenvalue weighted by Gasteiger charge is 2.30. The van der Waals surface area contributed by atoms with E-state index in [2.05, 4.69) is 5.32 Å². The number of anilines is 1. The molecule has 0 bridgehead atoms. The largest absolute Gasteiger partial charge is 0.343 e. The maximum Gasteiger partial charge on any atom is 0.249 e. The summed E-state index contributed by atoms with van der Waals surface area (Å²) >= 11 is 0. The van der Waals surface area contributed by atoms with Crippen LogP contribution in [0.3, 0.4) is 0 Å². The summed E-state index contributed by atoms with van der Waals surface area (Å²) in [4.78, 5) is 25.2. The molecule has 19 heavy (non-hydrogen) atoms. The number of carbonyl (C=O) groups excluding carboxylic acids is 2. The molecule has 0 aromatic heterocycles. The van der Waals surface area contributed by atoms with Gasteiger partial charge in [-0.2, -0.15) is 0 Å². The minimum atomic E-state index is -0.465. The lowest BCUT2D eigenvalue weighted by molar-refractivity contribution is -0.130. The van der Waals surface area contributed by atoms with E-state index in [1.165, 1.54) is 4.90 Å². The molecule has 1 fully saturated rings. The minimum Gasteiger partial charge on any atom is -0.343 e. The minimum absolute atomic E-state index is 0.0742. The number of nitrogens with one attached hydrogen (secondary N) is 1. The number of rotatable bonds is 1. The summed E-state index contributed by atoms with van der Waals surface area (Å²) in [6, 6.07) is 13.3. The first kappa shape index (κ1) is 11.7. The Bertz CT molecular complexity index is 666. The molecule has 2 aromatic rings. The van der Waals surface area contributed by atoms with Crippen molar-refractivity contribution in [2.75, 3.05) is 11.4 Å². The second-order valence-corrected chi connectivity index (χ2v) is 4.75. The SMILES string of the molecule is CC1NC(=O)CN(c2ccc3ccccc3c2)C1=O. The van der Waals surface area contributed by atoms with Crippen LogP contribution in [0.15, 0.2) is 42.5 Å². The van der Waals surface area contributed by atoms with Crippen molar-refractivity contribution in [1.29, 1.82) is 0 Å². The van der Waals surface area contributed by atoms with Gasteiger partial charge in [0, 0.05) is 5.69 Å². The first-order chi connectivity index (χ1) is 9.15. The standard InChI is InChI=1S/C15H14N2O2/c1-10-15(19)17(9-14(18)16-10)13-7-6-11-4-2-3-5-12(11)8-13/h2-8,10H,9H2,1H3,(H,16,18). The topological polar surface area (TPSA) is 49.4 Å². The molecule has 1 aliphatic rings. The van der Waals surface area contributed by atoms with Crippen molar-refractivity contribution >= 4 is 28.3 Å². The van der Waals surface area contributed by atoms with E-state index in [-0.39, 0.29) is 18.4 Å². The van der Waals surface area contributed by atoms with Crippen LogP contribution < -0.4 is 10.2 Å². The van der Waals surface area contributed by atoms with Crippen LogP contribution in [-0.2, 0) is 9.59 Å². The first-order valence-electron chi connectivity index (χ1n) is 6.25. The fourth-order valence-corrected chi connectivity index (χ4v) is 2.37. The summed E-state index contributed by atoms with van der Waals surface area (Å²) in [5.41, 5.74) is 0.769. The Kier molecular flexibility index (Phi) is 2.71. The van der Waals surface area contributed by atoms with Gasteiger partial charge in [-0.1, -0.05) is 30.3 Å². The monoisotopic (exact) mass is 254 g/mol. The summed E-state index contributed by atoms with van der Waals surface area (Å²) in [6.45, 7) is 1.79. The van der Waals surface area contributed by atoms with E-state index in [1.54, 1.807) is 6.92 Å². The average molecular weight is 254 g/mol. The molecule has 1 heterocycles. The van der Waals surface area contributed by atoms with E-state index in [0.717, 1.165) is 16.5 Å². The second kappa shape index (κ2) is 4.39. The van der Waals surface area contributed by atoms with Crippen LogP contribution in [-0.4, -0.2) is 24.4 Å². The maximum atomic E-state index is 12.1. The normalized spacial score (nSPS) is 19.6. The van der Waals surface area contributed by atoms with Gasteiger partial charge in [0.15, 0.2) is 0 Å². The van der Waals surface area contributed by atoms with Gasteiger partial charge in [0.25, 0.3) is 0 Å². The van der Waals surface area contributed by atoms with Crippen molar-refractivity contribution in [2.24, 2.45) is 0 Å². The molecular weight excluding hydrogens is 240 g/mol. The molecular formula is C15H14N2O2. The van der Waals surface area contributed by atoms with Crippen LogP contribution in [0.25, 0.3) is 10.8 Å². The predicted molar refractivity (Wildman–Crippen MR) is 73.9 cm³/mol. The van der Waals surface area contributed by atoms with Crippen molar-refractivity contribution < 1.29 is 9.59 Å². The number of hydrogen-bond acceptors (Lipinski definition) is 2. The van der Waals surface area contributed by atoms with E-state index in [0.29, 0.717) is 0 Å². The molecule has 96 valence electrons. The van der Waals surface area contributed by atoms with Crippen LogP contribution in [0.5, 0.6) is 0 Å². The number of hydrogen-bond donors (Lipinski definition) is 1. The lowest BCUT2D eigenvalue weighted by Gasteiger charge is -2.30. The van der Waals surface area contributed by atoms with Gasteiger partial charge in [0.1, 0.15) is 12.6 Å². The summed E-state index contributed by atoms with van der Waals surface area (Å²) in [5.74, 6) is -0.199. The highest BCUT2D eigenvalue weighted by molar-refractivity contribution is 6.07. The Labute approximate surface area is 111 Å². The molecule has 0 aliphatic carbocycles. The van der Waals surface area contributed by atoms with Crippen LogP contribution in [0.2, 0.25) is 0 Å². The van der Waals surface area contributed by atoms with Crippen molar-refractivity contribution in [3.8, 4) is 0 Å². The first-order valence-corrected chi connectivity index (χ1v) is 6.25. The van der Waals surface area contributed by atoms with Crippen LogP contribution >= 0.6 is 0 Å². The zero-order valence-corrected chi connectivity index (χ0v) is 10.6. The Hall–Kier alpha value is -2.36. The van der Waals surface area contributed by atoms with Gasteiger partial charge in [-0.15, -0.1) is 0 Å². The number of piperazine rings is 1. The molecule has 4 heteroatoms. The molecule has 1 atom stereocenters. The molecule has 1 saturated heterocycles. The summed E-state index contributed by atoms with van der Waals surface area (Å²) in [7, 11) is 0. The molecule has 2 amide bonds. The van der Waals surface area contributed by atoms with Gasteiger partial charge < -0.3 is 10.2 Å².